The Morgan fingerprint density at radius 3 is 2.03 bits per heavy atom. The molecule has 1 aromatic heterocycles. The number of ether oxygens (including phenoxy) is 1. The summed E-state index contributed by atoms with van der Waals surface area (Å²) in [5.41, 5.74) is 5.33. The number of esters is 1. The van der Waals surface area contributed by atoms with Crippen molar-refractivity contribution in [1.82, 2.24) is 4.68 Å². The van der Waals surface area contributed by atoms with Crippen LogP contribution in [0, 0.1) is 13.8 Å². The lowest BCUT2D eigenvalue weighted by molar-refractivity contribution is -0.142. The fourth-order valence-corrected chi connectivity index (χ4v) is 3.25. The first-order valence-corrected chi connectivity index (χ1v) is 10.2. The van der Waals surface area contributed by atoms with Crippen molar-refractivity contribution in [2.24, 2.45) is 0 Å². The Hall–Kier alpha value is -4.00. The molecule has 0 saturated heterocycles. The van der Waals surface area contributed by atoms with Gasteiger partial charge in [0.1, 0.15) is 0 Å². The van der Waals surface area contributed by atoms with E-state index in [4.69, 9.17) is 4.74 Å². The molecule has 2 aromatic carbocycles. The number of nitrogens with one attached hydrogen (secondary N) is 1. The second-order valence-electron chi connectivity index (χ2n) is 7.30. The highest BCUT2D eigenvalue weighted by atomic mass is 16.5. The Labute approximate surface area is 186 Å². The predicted molar refractivity (Wildman–Crippen MR) is 119 cm³/mol. The minimum atomic E-state index is -0.617. The molecular formula is C25H24N2O5. The summed E-state index contributed by atoms with van der Waals surface area (Å²) >= 11 is 0. The second-order valence-corrected chi connectivity index (χ2v) is 7.30. The molecule has 0 aliphatic rings. The highest BCUT2D eigenvalue weighted by molar-refractivity contribution is 6.02. The first kappa shape index (κ1) is 22.7. The van der Waals surface area contributed by atoms with Crippen LogP contribution < -0.4 is 5.43 Å². The van der Waals surface area contributed by atoms with Crippen LogP contribution in [-0.4, -0.2) is 34.7 Å². The molecule has 0 unspecified atom stereocenters. The van der Waals surface area contributed by atoms with Gasteiger partial charge in [0, 0.05) is 34.5 Å². The number of ketones is 2. The van der Waals surface area contributed by atoms with Gasteiger partial charge in [-0.25, -0.2) is 0 Å². The number of rotatable bonds is 9. The second kappa shape index (κ2) is 10.3. The number of Topliss-reactive ketones (excluding diaryl/α,β-unsaturated/α-hetero) is 2. The summed E-state index contributed by atoms with van der Waals surface area (Å²) in [5.74, 6) is -1.47. The minimum Gasteiger partial charge on any atom is -0.457 e. The molecule has 1 N–H and O–H groups in total. The van der Waals surface area contributed by atoms with Crippen molar-refractivity contribution in [2.45, 2.75) is 26.7 Å². The topological polar surface area (TPSA) is 94.5 Å². The van der Waals surface area contributed by atoms with Crippen LogP contribution in [0.5, 0.6) is 0 Å². The Balaban J connectivity index is 1.55. The van der Waals surface area contributed by atoms with Crippen LogP contribution in [0.4, 0.5) is 0 Å². The summed E-state index contributed by atoms with van der Waals surface area (Å²) in [6.07, 6.45) is -0.0930. The summed E-state index contributed by atoms with van der Waals surface area (Å²) in [7, 11) is 0. The molecular weight excluding hydrogens is 408 g/mol. The van der Waals surface area contributed by atoms with Gasteiger partial charge < -0.3 is 4.74 Å². The molecule has 0 aliphatic carbocycles. The first-order chi connectivity index (χ1) is 15.4. The van der Waals surface area contributed by atoms with E-state index < -0.39 is 12.6 Å². The molecule has 0 saturated carbocycles. The number of aryl methyl sites for hydroxylation is 1. The predicted octanol–water partition coefficient (Wildman–Crippen LogP) is 3.88. The minimum absolute atomic E-state index is 0.0110. The molecule has 1 amide bonds. The molecule has 0 spiro atoms. The lowest BCUT2D eigenvalue weighted by Crippen LogP contribution is -2.25. The first-order valence-electron chi connectivity index (χ1n) is 10.2. The van der Waals surface area contributed by atoms with Crippen LogP contribution in [0.15, 0.2) is 66.7 Å². The number of benzene rings is 2. The Morgan fingerprint density at radius 1 is 0.812 bits per heavy atom. The van der Waals surface area contributed by atoms with E-state index >= 15 is 0 Å². The lowest BCUT2D eigenvalue weighted by Gasteiger charge is -2.11. The molecule has 7 nitrogen and oxygen atoms in total. The van der Waals surface area contributed by atoms with Gasteiger partial charge in [0.15, 0.2) is 12.4 Å². The van der Waals surface area contributed by atoms with E-state index in [0.29, 0.717) is 28.1 Å². The van der Waals surface area contributed by atoms with Crippen molar-refractivity contribution >= 4 is 23.4 Å². The van der Waals surface area contributed by atoms with E-state index in [1.807, 2.05) is 6.07 Å². The summed E-state index contributed by atoms with van der Waals surface area (Å²) in [6.45, 7) is 3.03. The van der Waals surface area contributed by atoms with E-state index in [9.17, 15) is 19.2 Å². The lowest BCUT2D eigenvalue weighted by atomic mass is 10.1. The molecule has 0 bridgehead atoms. The third-order valence-electron chi connectivity index (χ3n) is 5.00. The average Bonchev–Trinajstić information content (AvgIpc) is 3.10. The van der Waals surface area contributed by atoms with Crippen LogP contribution in [0.2, 0.25) is 0 Å². The quantitative estimate of drug-likeness (QED) is 0.409. The smallest absolute Gasteiger partial charge is 0.306 e. The molecule has 32 heavy (non-hydrogen) atoms. The number of hydrogen-bond acceptors (Lipinski definition) is 5. The maximum atomic E-state index is 12.6. The maximum absolute atomic E-state index is 12.6. The van der Waals surface area contributed by atoms with Crippen molar-refractivity contribution in [3.8, 4) is 0 Å². The van der Waals surface area contributed by atoms with Crippen molar-refractivity contribution in [3.05, 3.63) is 94.8 Å². The summed E-state index contributed by atoms with van der Waals surface area (Å²) in [5, 5.41) is 0. The number of amides is 1. The monoisotopic (exact) mass is 432 g/mol. The zero-order chi connectivity index (χ0) is 23.1. The Morgan fingerprint density at radius 2 is 1.41 bits per heavy atom. The van der Waals surface area contributed by atoms with Crippen molar-refractivity contribution in [3.63, 3.8) is 0 Å². The summed E-state index contributed by atoms with van der Waals surface area (Å²) in [6, 6.07) is 19.0. The van der Waals surface area contributed by atoms with Gasteiger partial charge in [0.25, 0.3) is 5.91 Å². The van der Waals surface area contributed by atoms with Crippen molar-refractivity contribution in [2.75, 3.05) is 12.0 Å². The fraction of sp³-hybridized carbons (Fsp3) is 0.200. The molecule has 3 aromatic rings. The van der Waals surface area contributed by atoms with Crippen LogP contribution in [0.3, 0.4) is 0 Å². The molecule has 164 valence electrons. The van der Waals surface area contributed by atoms with Gasteiger partial charge in [-0.1, -0.05) is 48.5 Å². The van der Waals surface area contributed by atoms with E-state index in [0.717, 1.165) is 0 Å². The maximum Gasteiger partial charge on any atom is 0.306 e. The van der Waals surface area contributed by atoms with Crippen LogP contribution in [0.1, 0.15) is 55.3 Å². The van der Waals surface area contributed by atoms with E-state index in [1.165, 1.54) is 4.68 Å². The number of aromatic nitrogens is 1. The van der Waals surface area contributed by atoms with Gasteiger partial charge in [-0.15, -0.1) is 0 Å². The number of nitrogens with zero attached hydrogens (tertiary/aromatic N) is 1. The average molecular weight is 432 g/mol. The zero-order valence-corrected chi connectivity index (χ0v) is 18.0. The molecule has 0 atom stereocenters. The Bertz CT molecular complexity index is 1130. The highest BCUT2D eigenvalue weighted by Gasteiger charge is 2.19. The summed E-state index contributed by atoms with van der Waals surface area (Å²) in [4.78, 5) is 49.1. The zero-order valence-electron chi connectivity index (χ0n) is 18.0. The largest absolute Gasteiger partial charge is 0.457 e. The van der Waals surface area contributed by atoms with Gasteiger partial charge in [-0.05, 0) is 32.0 Å². The third-order valence-corrected chi connectivity index (χ3v) is 5.00. The van der Waals surface area contributed by atoms with Gasteiger partial charge >= 0.3 is 5.97 Å². The van der Waals surface area contributed by atoms with Gasteiger partial charge in [-0.3, -0.25) is 29.3 Å². The number of carbonyl (C=O) groups excluding carboxylic acids is 4. The number of hydrogen-bond donors (Lipinski definition) is 1. The van der Waals surface area contributed by atoms with Crippen LogP contribution in [0.25, 0.3) is 0 Å². The molecule has 7 heteroatoms. The standard InChI is InChI=1S/C25H24N2O5/c1-17-15-21(18(2)27(17)26-25(31)20-11-7-4-8-12-20)23(29)16-32-24(30)14-13-22(28)19-9-5-3-6-10-19/h3-12,15H,13-14,16H2,1-2H3,(H,26,31). The van der Waals surface area contributed by atoms with E-state index in [-0.39, 0.29) is 30.3 Å². The summed E-state index contributed by atoms with van der Waals surface area (Å²) < 4.78 is 6.59. The Kier molecular flexibility index (Phi) is 7.33. The van der Waals surface area contributed by atoms with Crippen LogP contribution in [-0.2, 0) is 9.53 Å². The fourth-order valence-electron chi connectivity index (χ4n) is 3.25. The van der Waals surface area contributed by atoms with Gasteiger partial charge in [-0.2, -0.15) is 0 Å². The third kappa shape index (κ3) is 5.57. The van der Waals surface area contributed by atoms with E-state index in [1.54, 1.807) is 74.5 Å². The number of carbonyl (C=O) groups is 4. The molecule has 0 aliphatic heterocycles. The molecule has 1 heterocycles. The molecule has 0 radical (unpaired) electrons. The van der Waals surface area contributed by atoms with Crippen LogP contribution >= 0.6 is 0 Å². The van der Waals surface area contributed by atoms with Crippen molar-refractivity contribution in [1.29, 1.82) is 0 Å². The van der Waals surface area contributed by atoms with E-state index in [2.05, 4.69) is 5.43 Å². The highest BCUT2D eigenvalue weighted by Crippen LogP contribution is 2.15. The van der Waals surface area contributed by atoms with Gasteiger partial charge in [0.2, 0.25) is 5.78 Å². The molecule has 0 fully saturated rings. The van der Waals surface area contributed by atoms with Crippen molar-refractivity contribution < 1.29 is 23.9 Å². The SMILES string of the molecule is Cc1cc(C(=O)COC(=O)CCC(=O)c2ccccc2)c(C)n1NC(=O)c1ccccc1. The molecule has 3 rings (SSSR count). The van der Waals surface area contributed by atoms with Gasteiger partial charge in [0.05, 0.1) is 6.42 Å². The normalized spacial score (nSPS) is 10.4.